The molecule has 1 aliphatic carbocycles. The summed E-state index contributed by atoms with van der Waals surface area (Å²) >= 11 is 0. The van der Waals surface area contributed by atoms with Gasteiger partial charge in [-0.2, -0.15) is 0 Å². The van der Waals surface area contributed by atoms with Gasteiger partial charge in [0.25, 0.3) is 5.91 Å². The van der Waals surface area contributed by atoms with E-state index < -0.39 is 24.1 Å². The maximum Gasteiger partial charge on any atom is 0.251 e. The van der Waals surface area contributed by atoms with Crippen LogP contribution >= 0.6 is 0 Å². The molecule has 2 aromatic carbocycles. The van der Waals surface area contributed by atoms with Gasteiger partial charge >= 0.3 is 0 Å². The fourth-order valence-corrected chi connectivity index (χ4v) is 5.69. The second-order valence-corrected chi connectivity index (χ2v) is 11.8. The number of anilines is 2. The number of nitrogens with one attached hydrogen (secondary N) is 3. The minimum atomic E-state index is -1.00. The number of hydrogen-bond acceptors (Lipinski definition) is 6. The molecule has 4 amide bonds. The normalized spacial score (nSPS) is 17.7. The molecule has 10 nitrogen and oxygen atoms in total. The largest absolute Gasteiger partial charge is 0.390 e. The lowest BCUT2D eigenvalue weighted by atomic mass is 9.95. The van der Waals surface area contributed by atoms with Crippen LogP contribution in [0.5, 0.6) is 0 Å². The van der Waals surface area contributed by atoms with E-state index in [1.807, 2.05) is 30.3 Å². The highest BCUT2D eigenvalue weighted by Gasteiger charge is 2.27. The molecular formula is C33H45N5O5. The highest BCUT2D eigenvalue weighted by atomic mass is 16.3. The summed E-state index contributed by atoms with van der Waals surface area (Å²) in [7, 11) is 1.62. The van der Waals surface area contributed by atoms with Gasteiger partial charge in [-0.15, -0.1) is 0 Å². The summed E-state index contributed by atoms with van der Waals surface area (Å²) in [4.78, 5) is 54.2. The van der Waals surface area contributed by atoms with E-state index in [2.05, 4.69) is 16.0 Å². The maximum atomic E-state index is 13.7. The Morgan fingerprint density at radius 1 is 1.05 bits per heavy atom. The third-order valence-electron chi connectivity index (χ3n) is 8.47. The summed E-state index contributed by atoms with van der Waals surface area (Å²) in [5.74, 6) is -0.770. The Hall–Kier alpha value is -3.76. The number of amides is 4. The molecule has 1 saturated carbocycles. The van der Waals surface area contributed by atoms with Gasteiger partial charge in [0.05, 0.1) is 18.2 Å². The van der Waals surface area contributed by atoms with Crippen molar-refractivity contribution in [1.29, 1.82) is 0 Å². The summed E-state index contributed by atoms with van der Waals surface area (Å²) in [6, 6.07) is 13.6. The zero-order valence-electron chi connectivity index (χ0n) is 25.5. The topological polar surface area (TPSA) is 131 Å². The van der Waals surface area contributed by atoms with Crippen molar-refractivity contribution >= 4 is 35.0 Å². The van der Waals surface area contributed by atoms with Gasteiger partial charge in [-0.3, -0.25) is 19.2 Å². The fourth-order valence-electron chi connectivity index (χ4n) is 5.69. The van der Waals surface area contributed by atoms with E-state index in [-0.39, 0.29) is 35.9 Å². The lowest BCUT2D eigenvalue weighted by molar-refractivity contribution is -0.124. The maximum absolute atomic E-state index is 13.7. The van der Waals surface area contributed by atoms with E-state index in [1.54, 1.807) is 37.1 Å². The number of aliphatic hydroxyl groups excluding tert-OH is 1. The molecule has 10 heteroatoms. The molecule has 0 radical (unpaired) electrons. The minimum Gasteiger partial charge on any atom is -0.390 e. The van der Waals surface area contributed by atoms with Crippen LogP contribution in [0.15, 0.2) is 48.5 Å². The van der Waals surface area contributed by atoms with Crippen LogP contribution in [0.2, 0.25) is 0 Å². The van der Waals surface area contributed by atoms with Crippen molar-refractivity contribution in [2.24, 2.45) is 0 Å². The molecular weight excluding hydrogens is 546 g/mol. The number of aliphatic hydroxyl groups is 1. The van der Waals surface area contributed by atoms with Crippen LogP contribution < -0.4 is 25.8 Å². The van der Waals surface area contributed by atoms with Gasteiger partial charge in [-0.1, -0.05) is 49.6 Å². The van der Waals surface area contributed by atoms with Crippen LogP contribution in [0, 0.1) is 0 Å². The summed E-state index contributed by atoms with van der Waals surface area (Å²) in [6.45, 7) is 3.84. The molecule has 1 heterocycles. The highest BCUT2D eigenvalue weighted by Crippen LogP contribution is 2.28. The summed E-state index contributed by atoms with van der Waals surface area (Å²) in [5.41, 5.74) is 2.26. The van der Waals surface area contributed by atoms with Gasteiger partial charge in [0, 0.05) is 56.5 Å². The summed E-state index contributed by atoms with van der Waals surface area (Å²) in [5, 5.41) is 20.5. The molecule has 0 unspecified atom stereocenters. The Bertz CT molecular complexity index is 1280. The van der Waals surface area contributed by atoms with Crippen molar-refractivity contribution in [2.75, 3.05) is 29.9 Å². The minimum absolute atomic E-state index is 0.0286. The lowest BCUT2D eigenvalue weighted by Gasteiger charge is -2.28. The van der Waals surface area contributed by atoms with Crippen molar-refractivity contribution in [2.45, 2.75) is 89.4 Å². The quantitative estimate of drug-likeness (QED) is 0.300. The summed E-state index contributed by atoms with van der Waals surface area (Å²) in [6.07, 6.45) is 5.95. The third kappa shape index (κ3) is 8.87. The predicted molar refractivity (Wildman–Crippen MR) is 167 cm³/mol. The molecule has 1 aliphatic heterocycles. The Morgan fingerprint density at radius 3 is 2.42 bits per heavy atom. The molecule has 2 aromatic rings. The number of carbonyl (C=O) groups excluding carboxylic acids is 4. The molecule has 0 aromatic heterocycles. The number of carbonyl (C=O) groups is 4. The second-order valence-electron chi connectivity index (χ2n) is 11.8. The molecule has 2 fully saturated rings. The first-order chi connectivity index (χ1) is 20.6. The molecule has 1 saturated heterocycles. The van der Waals surface area contributed by atoms with Gasteiger partial charge in [0.1, 0.15) is 0 Å². The first kappa shape index (κ1) is 32.2. The van der Waals surface area contributed by atoms with E-state index in [4.69, 9.17) is 0 Å². The number of hydrogen-bond donors (Lipinski definition) is 4. The standard InChI is InChI=1S/C33H45N5O5/c1-22(32(42)35-26-13-8-5-9-14-26)34-21-30(40)29(17-24-11-6-4-7-12-24)36-33(43)25-18-27(37(3)23(2)39)20-28(19-25)38-16-10-15-31(38)41/h4,6-7,11-12,18-20,22,26,29-30,34,40H,5,8-10,13-17,21H2,1-3H3,(H,35,42)(H,36,43)/t22-,29-,30-/m0/s1. The highest BCUT2D eigenvalue weighted by molar-refractivity contribution is 6.02. The van der Waals surface area contributed by atoms with Crippen molar-refractivity contribution in [3.05, 3.63) is 59.7 Å². The van der Waals surface area contributed by atoms with Crippen LogP contribution in [0.1, 0.15) is 74.7 Å². The molecule has 2 aliphatic rings. The van der Waals surface area contributed by atoms with E-state index in [0.717, 1.165) is 37.7 Å². The van der Waals surface area contributed by atoms with E-state index >= 15 is 0 Å². The average molecular weight is 592 g/mol. The Kier molecular flexibility index (Phi) is 11.3. The van der Waals surface area contributed by atoms with Gasteiger partial charge in [-0.05, 0) is 56.4 Å². The van der Waals surface area contributed by atoms with Crippen LogP contribution in [0.4, 0.5) is 11.4 Å². The molecule has 0 bridgehead atoms. The van der Waals surface area contributed by atoms with Crippen LogP contribution in [-0.4, -0.2) is 73.1 Å². The monoisotopic (exact) mass is 591 g/mol. The molecule has 4 N–H and O–H groups in total. The van der Waals surface area contributed by atoms with E-state index in [1.165, 1.54) is 18.2 Å². The third-order valence-corrected chi connectivity index (χ3v) is 8.47. The summed E-state index contributed by atoms with van der Waals surface area (Å²) < 4.78 is 0. The number of benzene rings is 2. The predicted octanol–water partition coefficient (Wildman–Crippen LogP) is 2.93. The molecule has 3 atom stereocenters. The van der Waals surface area contributed by atoms with Crippen molar-refractivity contribution in [3.63, 3.8) is 0 Å². The smallest absolute Gasteiger partial charge is 0.251 e. The SMILES string of the molecule is CC(=O)N(C)c1cc(C(=O)N[C@@H](Cc2ccccc2)[C@@H](O)CN[C@@H](C)C(=O)NC2CCCCC2)cc(N2CCCC2=O)c1. The zero-order valence-corrected chi connectivity index (χ0v) is 25.5. The fraction of sp³-hybridized carbons (Fsp3) is 0.515. The van der Waals surface area contributed by atoms with Crippen LogP contribution in [-0.2, 0) is 20.8 Å². The zero-order chi connectivity index (χ0) is 30.9. The Balaban J connectivity index is 1.50. The van der Waals surface area contributed by atoms with Crippen LogP contribution in [0.25, 0.3) is 0 Å². The molecule has 232 valence electrons. The van der Waals surface area contributed by atoms with E-state index in [9.17, 15) is 24.3 Å². The second kappa shape index (κ2) is 15.1. The van der Waals surface area contributed by atoms with Crippen molar-refractivity contribution < 1.29 is 24.3 Å². The Labute approximate surface area is 254 Å². The molecule has 0 spiro atoms. The number of nitrogens with zero attached hydrogens (tertiary/aromatic N) is 2. The van der Waals surface area contributed by atoms with E-state index in [0.29, 0.717) is 30.8 Å². The first-order valence-electron chi connectivity index (χ1n) is 15.4. The van der Waals surface area contributed by atoms with Gasteiger partial charge < -0.3 is 30.9 Å². The lowest BCUT2D eigenvalue weighted by Crippen LogP contribution is -2.53. The molecule has 4 rings (SSSR count). The van der Waals surface area contributed by atoms with Gasteiger partial charge in [-0.25, -0.2) is 0 Å². The van der Waals surface area contributed by atoms with Gasteiger partial charge in [0.15, 0.2) is 0 Å². The Morgan fingerprint density at radius 2 is 1.77 bits per heavy atom. The van der Waals surface area contributed by atoms with Crippen molar-refractivity contribution in [3.8, 4) is 0 Å². The van der Waals surface area contributed by atoms with Crippen molar-refractivity contribution in [1.82, 2.24) is 16.0 Å². The molecule has 43 heavy (non-hydrogen) atoms. The first-order valence-corrected chi connectivity index (χ1v) is 15.4. The number of rotatable bonds is 12. The van der Waals surface area contributed by atoms with Gasteiger partial charge in [0.2, 0.25) is 17.7 Å². The average Bonchev–Trinajstić information content (AvgIpc) is 3.45. The van der Waals surface area contributed by atoms with Crippen LogP contribution in [0.3, 0.4) is 0 Å².